The Labute approximate surface area is 222 Å². The first-order valence-corrected chi connectivity index (χ1v) is 13.2. The van der Waals surface area contributed by atoms with E-state index in [-0.39, 0.29) is 6.10 Å². The smallest absolute Gasteiger partial charge is 0.217 e. The maximum Gasteiger partial charge on any atom is 0.217 e. The van der Waals surface area contributed by atoms with Gasteiger partial charge in [0.25, 0.3) is 0 Å². The van der Waals surface area contributed by atoms with Crippen LogP contribution in [0.4, 0.5) is 0 Å². The number of nitrogens with zero attached hydrogens (tertiary/aromatic N) is 5. The topological polar surface area (TPSA) is 90.7 Å². The maximum atomic E-state index is 6.37. The number of H-pyrrole nitrogens is 1. The summed E-state index contributed by atoms with van der Waals surface area (Å²) in [4.78, 5) is 15.8. The quantitative estimate of drug-likeness (QED) is 0.269. The Hall–Kier alpha value is -2.82. The number of halogens is 2. The van der Waals surface area contributed by atoms with Crippen LogP contribution in [-0.2, 0) is 21.8 Å². The molecule has 5 aromatic rings. The number of aromatic amines is 1. The fourth-order valence-corrected chi connectivity index (χ4v) is 5.16. The molecule has 2 atom stereocenters. The van der Waals surface area contributed by atoms with E-state index in [4.69, 9.17) is 32.7 Å². The number of aromatic nitrogens is 6. The van der Waals surface area contributed by atoms with Crippen LogP contribution in [-0.4, -0.2) is 42.4 Å². The highest BCUT2D eigenvalue weighted by atomic mass is 35.5. The van der Waals surface area contributed by atoms with Crippen LogP contribution in [0.5, 0.6) is 0 Å². The van der Waals surface area contributed by atoms with Crippen molar-refractivity contribution in [1.29, 1.82) is 0 Å². The van der Waals surface area contributed by atoms with Crippen molar-refractivity contribution < 1.29 is 9.47 Å². The van der Waals surface area contributed by atoms with Gasteiger partial charge in [-0.2, -0.15) is 5.10 Å². The number of fused-ring (bicyclic) bond motifs is 1. The lowest BCUT2D eigenvalue weighted by Crippen LogP contribution is -2.34. The van der Waals surface area contributed by atoms with Gasteiger partial charge >= 0.3 is 0 Å². The van der Waals surface area contributed by atoms with Gasteiger partial charge in [0.2, 0.25) is 5.79 Å². The fraction of sp³-hybridized carbons (Fsp3) is 0.280. The Kier molecular flexibility index (Phi) is 7.64. The van der Waals surface area contributed by atoms with Crippen molar-refractivity contribution in [1.82, 2.24) is 29.7 Å². The molecule has 1 saturated heterocycles. The van der Waals surface area contributed by atoms with Crippen molar-refractivity contribution in [3.05, 3.63) is 81.6 Å². The number of thiazole rings is 1. The Balaban J connectivity index is 0.000000163. The first-order chi connectivity index (χ1) is 17.6. The van der Waals surface area contributed by atoms with E-state index in [0.29, 0.717) is 23.2 Å². The van der Waals surface area contributed by atoms with Crippen LogP contribution in [0.25, 0.3) is 22.6 Å². The molecule has 6 rings (SSSR count). The molecule has 0 radical (unpaired) electrons. The highest BCUT2D eigenvalue weighted by Gasteiger charge is 2.45. The monoisotopic (exact) mass is 542 g/mol. The Morgan fingerprint density at radius 1 is 1.22 bits per heavy atom. The molecule has 2 aromatic carbocycles. The highest BCUT2D eigenvalue weighted by molar-refractivity contribution is 7.07. The zero-order valence-electron chi connectivity index (χ0n) is 19.5. The first-order valence-electron chi connectivity index (χ1n) is 11.5. The standard InChI is InChI=1S/C15H17Cl2N3O2.C10H7N3S/c1-2-3-12-7-21-15(22-12,8-20-10-18-9-19-20)13-5-4-11(16)6-14(13)17;1-2-4-8-7(3-1)12-10(13-8)9-5-14-6-11-9/h4-6,9-10,12H,2-3,7-8H2,1H3;1-6H,(H,12,13). The van der Waals surface area contributed by atoms with Crippen molar-refractivity contribution in [3.63, 3.8) is 0 Å². The molecule has 3 aromatic heterocycles. The first kappa shape index (κ1) is 24.9. The normalized spacial score (nSPS) is 19.4. The van der Waals surface area contributed by atoms with E-state index < -0.39 is 5.79 Å². The van der Waals surface area contributed by atoms with Crippen LogP contribution < -0.4 is 0 Å². The predicted octanol–water partition coefficient (Wildman–Crippen LogP) is 6.34. The molecule has 1 N–H and O–H groups in total. The molecule has 186 valence electrons. The summed E-state index contributed by atoms with van der Waals surface area (Å²) >= 11 is 13.9. The third kappa shape index (κ3) is 5.45. The molecular weight excluding hydrogens is 519 g/mol. The van der Waals surface area contributed by atoms with Gasteiger partial charge in [0.05, 0.1) is 34.3 Å². The van der Waals surface area contributed by atoms with Crippen molar-refractivity contribution in [2.45, 2.75) is 38.2 Å². The lowest BCUT2D eigenvalue weighted by atomic mass is 10.1. The van der Waals surface area contributed by atoms with Gasteiger partial charge in [0, 0.05) is 16.0 Å². The fourth-order valence-electron chi connectivity index (χ4n) is 4.07. The minimum Gasteiger partial charge on any atom is -0.342 e. The number of imidazole rings is 1. The van der Waals surface area contributed by atoms with E-state index >= 15 is 0 Å². The third-order valence-electron chi connectivity index (χ3n) is 5.71. The summed E-state index contributed by atoms with van der Waals surface area (Å²) in [5, 5.41) is 7.22. The zero-order chi connectivity index (χ0) is 25.0. The van der Waals surface area contributed by atoms with Gasteiger partial charge < -0.3 is 14.5 Å². The van der Waals surface area contributed by atoms with E-state index in [9.17, 15) is 0 Å². The van der Waals surface area contributed by atoms with Gasteiger partial charge in [-0.25, -0.2) is 19.6 Å². The van der Waals surface area contributed by atoms with Crippen LogP contribution in [0, 0.1) is 0 Å². The molecule has 36 heavy (non-hydrogen) atoms. The van der Waals surface area contributed by atoms with Gasteiger partial charge in [0.15, 0.2) is 5.82 Å². The van der Waals surface area contributed by atoms with E-state index in [1.165, 1.54) is 6.33 Å². The average Bonchev–Trinajstić information content (AvgIpc) is 3.67. The van der Waals surface area contributed by atoms with Crippen LogP contribution >= 0.6 is 34.5 Å². The highest BCUT2D eigenvalue weighted by Crippen LogP contribution is 2.41. The molecule has 1 aliphatic heterocycles. The SMILES string of the molecule is CCCC1COC(Cn2cncn2)(c2ccc(Cl)cc2Cl)O1.c1ccc2[nH]c(-c3cscn3)nc2c1. The summed E-state index contributed by atoms with van der Waals surface area (Å²) < 4.78 is 14.0. The second-order valence-electron chi connectivity index (χ2n) is 8.29. The summed E-state index contributed by atoms with van der Waals surface area (Å²) in [5.41, 5.74) is 5.51. The van der Waals surface area contributed by atoms with Crippen LogP contribution in [0.15, 0.2) is 66.0 Å². The molecule has 1 fully saturated rings. The molecule has 0 aliphatic carbocycles. The van der Waals surface area contributed by atoms with Gasteiger partial charge in [-0.3, -0.25) is 0 Å². The van der Waals surface area contributed by atoms with E-state index in [1.54, 1.807) is 34.5 Å². The second-order valence-corrected chi connectivity index (χ2v) is 9.85. The minimum atomic E-state index is -0.963. The number of hydrogen-bond donors (Lipinski definition) is 1. The maximum absolute atomic E-state index is 6.37. The van der Waals surface area contributed by atoms with Crippen molar-refractivity contribution >= 4 is 45.6 Å². The van der Waals surface area contributed by atoms with Crippen molar-refractivity contribution in [2.75, 3.05) is 6.61 Å². The zero-order valence-corrected chi connectivity index (χ0v) is 21.8. The molecule has 11 heteroatoms. The van der Waals surface area contributed by atoms with E-state index in [2.05, 4.69) is 32.0 Å². The lowest BCUT2D eigenvalue weighted by Gasteiger charge is -2.29. The van der Waals surface area contributed by atoms with Gasteiger partial charge in [-0.05, 0) is 30.7 Å². The van der Waals surface area contributed by atoms with Crippen molar-refractivity contribution in [3.8, 4) is 11.5 Å². The molecule has 1 aliphatic rings. The molecule has 4 heterocycles. The molecule has 8 nitrogen and oxygen atoms in total. The largest absolute Gasteiger partial charge is 0.342 e. The number of hydrogen-bond acceptors (Lipinski definition) is 7. The Morgan fingerprint density at radius 3 is 2.83 bits per heavy atom. The number of benzene rings is 2. The Bertz CT molecular complexity index is 1380. The number of rotatable bonds is 6. The predicted molar refractivity (Wildman–Crippen MR) is 141 cm³/mol. The molecule has 0 bridgehead atoms. The number of ether oxygens (including phenoxy) is 2. The minimum absolute atomic E-state index is 0.0419. The third-order valence-corrected chi connectivity index (χ3v) is 6.85. The van der Waals surface area contributed by atoms with Crippen LogP contribution in [0.3, 0.4) is 0 Å². The number of para-hydroxylation sites is 2. The van der Waals surface area contributed by atoms with Gasteiger partial charge in [0.1, 0.15) is 24.9 Å². The van der Waals surface area contributed by atoms with Crippen LogP contribution in [0.1, 0.15) is 25.3 Å². The molecule has 0 amide bonds. The molecule has 0 saturated carbocycles. The summed E-state index contributed by atoms with van der Waals surface area (Å²) in [5.74, 6) is -0.123. The van der Waals surface area contributed by atoms with E-state index in [0.717, 1.165) is 41.0 Å². The summed E-state index contributed by atoms with van der Waals surface area (Å²) in [7, 11) is 0. The second kappa shape index (κ2) is 11.1. The number of nitrogens with one attached hydrogen (secondary N) is 1. The van der Waals surface area contributed by atoms with Crippen molar-refractivity contribution in [2.24, 2.45) is 0 Å². The lowest BCUT2D eigenvalue weighted by molar-refractivity contribution is -0.189. The summed E-state index contributed by atoms with van der Waals surface area (Å²) in [6.07, 6.45) is 5.12. The molecular formula is C25H24Cl2N6O2S. The summed E-state index contributed by atoms with van der Waals surface area (Å²) in [6, 6.07) is 13.3. The Morgan fingerprint density at radius 2 is 2.11 bits per heavy atom. The van der Waals surface area contributed by atoms with Gasteiger partial charge in [-0.1, -0.05) is 54.7 Å². The molecule has 2 unspecified atom stereocenters. The van der Waals surface area contributed by atoms with Crippen LogP contribution in [0.2, 0.25) is 10.0 Å². The summed E-state index contributed by atoms with van der Waals surface area (Å²) in [6.45, 7) is 3.03. The average molecular weight is 543 g/mol. The molecule has 0 spiro atoms. The van der Waals surface area contributed by atoms with Gasteiger partial charge in [-0.15, -0.1) is 11.3 Å². The van der Waals surface area contributed by atoms with E-state index in [1.807, 2.05) is 41.2 Å².